The molecule has 0 aliphatic rings. The van der Waals surface area contributed by atoms with E-state index < -0.39 is 11.5 Å². The van der Waals surface area contributed by atoms with Crippen molar-refractivity contribution in [1.29, 1.82) is 0 Å². The average Bonchev–Trinajstić information content (AvgIpc) is 2.45. The molecule has 1 unspecified atom stereocenters. The van der Waals surface area contributed by atoms with Gasteiger partial charge in [0, 0.05) is 11.3 Å². The van der Waals surface area contributed by atoms with E-state index in [0.29, 0.717) is 17.7 Å². The van der Waals surface area contributed by atoms with Crippen LogP contribution in [0.4, 0.5) is 5.69 Å². The number of hydrogen-bond acceptors (Lipinski definition) is 4. The maximum absolute atomic E-state index is 11.8. The van der Waals surface area contributed by atoms with E-state index in [9.17, 15) is 14.4 Å². The SMILES string of the molecule is CCC(C)(NCC(=O)Nc1ccc(C(C)=O)cc1)C(=O)O. The molecule has 1 rings (SSSR count). The summed E-state index contributed by atoms with van der Waals surface area (Å²) >= 11 is 0. The van der Waals surface area contributed by atoms with Crippen LogP contribution in [0.1, 0.15) is 37.6 Å². The Hall–Kier alpha value is -2.21. The van der Waals surface area contributed by atoms with Crippen molar-refractivity contribution in [2.45, 2.75) is 32.7 Å². The van der Waals surface area contributed by atoms with Crippen molar-refractivity contribution in [3.8, 4) is 0 Å². The van der Waals surface area contributed by atoms with Gasteiger partial charge in [0.2, 0.25) is 5.91 Å². The Morgan fingerprint density at radius 1 is 1.19 bits per heavy atom. The van der Waals surface area contributed by atoms with E-state index in [-0.39, 0.29) is 18.2 Å². The highest BCUT2D eigenvalue weighted by atomic mass is 16.4. The van der Waals surface area contributed by atoms with Crippen molar-refractivity contribution in [2.75, 3.05) is 11.9 Å². The third kappa shape index (κ3) is 4.68. The van der Waals surface area contributed by atoms with Gasteiger partial charge in [0.05, 0.1) is 6.54 Å². The number of carbonyl (C=O) groups excluding carboxylic acids is 2. The molecule has 0 spiro atoms. The van der Waals surface area contributed by atoms with Crippen LogP contribution in [-0.2, 0) is 9.59 Å². The van der Waals surface area contributed by atoms with Gasteiger partial charge in [-0.2, -0.15) is 0 Å². The van der Waals surface area contributed by atoms with Gasteiger partial charge in [-0.25, -0.2) is 0 Å². The summed E-state index contributed by atoms with van der Waals surface area (Å²) in [4.78, 5) is 34.0. The number of benzene rings is 1. The molecule has 0 fully saturated rings. The van der Waals surface area contributed by atoms with E-state index in [4.69, 9.17) is 5.11 Å². The molecule has 1 atom stereocenters. The Bertz CT molecular complexity index is 539. The molecule has 3 N–H and O–H groups in total. The first kappa shape index (κ1) is 16.8. The Balaban J connectivity index is 2.58. The molecule has 0 aliphatic carbocycles. The predicted molar refractivity (Wildman–Crippen MR) is 79.4 cm³/mol. The first-order valence-corrected chi connectivity index (χ1v) is 6.68. The molecule has 21 heavy (non-hydrogen) atoms. The highest BCUT2D eigenvalue weighted by Crippen LogP contribution is 2.11. The lowest BCUT2D eigenvalue weighted by molar-refractivity contribution is -0.144. The summed E-state index contributed by atoms with van der Waals surface area (Å²) in [7, 11) is 0. The first-order valence-electron chi connectivity index (χ1n) is 6.68. The number of amides is 1. The Labute approximate surface area is 123 Å². The molecule has 6 heteroatoms. The van der Waals surface area contributed by atoms with Crippen molar-refractivity contribution < 1.29 is 19.5 Å². The summed E-state index contributed by atoms with van der Waals surface area (Å²) in [5, 5.41) is 14.5. The second kappa shape index (κ2) is 6.99. The molecular weight excluding hydrogens is 272 g/mol. The van der Waals surface area contributed by atoms with E-state index in [0.717, 1.165) is 0 Å². The van der Waals surface area contributed by atoms with E-state index in [1.165, 1.54) is 13.8 Å². The van der Waals surface area contributed by atoms with Gasteiger partial charge in [-0.15, -0.1) is 0 Å². The number of ketones is 1. The van der Waals surface area contributed by atoms with Crippen molar-refractivity contribution in [2.24, 2.45) is 0 Å². The molecule has 0 bridgehead atoms. The van der Waals surface area contributed by atoms with E-state index in [1.807, 2.05) is 0 Å². The first-order chi connectivity index (χ1) is 9.78. The van der Waals surface area contributed by atoms with Gasteiger partial charge in [0.1, 0.15) is 5.54 Å². The van der Waals surface area contributed by atoms with Crippen molar-refractivity contribution in [3.05, 3.63) is 29.8 Å². The minimum absolute atomic E-state index is 0.0466. The van der Waals surface area contributed by atoms with Crippen LogP contribution in [-0.4, -0.2) is 34.8 Å². The molecule has 114 valence electrons. The fourth-order valence-electron chi connectivity index (χ4n) is 1.62. The third-order valence-corrected chi connectivity index (χ3v) is 3.39. The highest BCUT2D eigenvalue weighted by Gasteiger charge is 2.30. The van der Waals surface area contributed by atoms with Crippen LogP contribution in [0.25, 0.3) is 0 Å². The molecule has 1 aromatic rings. The second-order valence-electron chi connectivity index (χ2n) is 5.03. The van der Waals surface area contributed by atoms with Crippen molar-refractivity contribution in [1.82, 2.24) is 5.32 Å². The number of anilines is 1. The van der Waals surface area contributed by atoms with Gasteiger partial charge in [-0.1, -0.05) is 6.92 Å². The van der Waals surface area contributed by atoms with Crippen LogP contribution in [0.2, 0.25) is 0 Å². The van der Waals surface area contributed by atoms with Crippen LogP contribution < -0.4 is 10.6 Å². The number of hydrogen-bond donors (Lipinski definition) is 3. The number of nitrogens with one attached hydrogen (secondary N) is 2. The fourth-order valence-corrected chi connectivity index (χ4v) is 1.62. The van der Waals surface area contributed by atoms with Crippen LogP contribution in [0.3, 0.4) is 0 Å². The van der Waals surface area contributed by atoms with Crippen LogP contribution in [0, 0.1) is 0 Å². The number of carboxylic acids is 1. The summed E-state index contributed by atoms with van der Waals surface area (Å²) in [6.45, 7) is 4.63. The standard InChI is InChI=1S/C15H20N2O4/c1-4-15(3,14(20)21)16-9-13(19)17-12-7-5-11(6-8-12)10(2)18/h5-8,16H,4,9H2,1-3H3,(H,17,19)(H,20,21). The molecule has 0 aromatic heterocycles. The molecule has 0 radical (unpaired) electrons. The quantitative estimate of drug-likeness (QED) is 0.664. The number of Topliss-reactive ketones (excluding diaryl/α,β-unsaturated/α-hetero) is 1. The second-order valence-corrected chi connectivity index (χ2v) is 5.03. The lowest BCUT2D eigenvalue weighted by Crippen LogP contribution is -2.51. The maximum atomic E-state index is 11.8. The summed E-state index contributed by atoms with van der Waals surface area (Å²) in [6, 6.07) is 6.51. The normalized spacial score (nSPS) is 13.3. The molecule has 0 aliphatic heterocycles. The van der Waals surface area contributed by atoms with Gasteiger partial charge < -0.3 is 10.4 Å². The summed E-state index contributed by atoms with van der Waals surface area (Å²) in [5.74, 6) is -1.38. The number of carboxylic acid groups (broad SMARTS) is 1. The molecule has 1 amide bonds. The van der Waals surface area contributed by atoms with E-state index in [2.05, 4.69) is 10.6 Å². The molecule has 0 saturated carbocycles. The zero-order valence-electron chi connectivity index (χ0n) is 12.4. The van der Waals surface area contributed by atoms with Gasteiger partial charge in [0.25, 0.3) is 0 Å². The predicted octanol–water partition coefficient (Wildman–Crippen LogP) is 1.67. The number of carbonyl (C=O) groups is 3. The largest absolute Gasteiger partial charge is 0.480 e. The smallest absolute Gasteiger partial charge is 0.323 e. The summed E-state index contributed by atoms with van der Waals surface area (Å²) in [6.07, 6.45) is 0.364. The zero-order chi connectivity index (χ0) is 16.0. The minimum atomic E-state index is -1.13. The van der Waals surface area contributed by atoms with Crippen LogP contribution >= 0.6 is 0 Å². The van der Waals surface area contributed by atoms with E-state index in [1.54, 1.807) is 31.2 Å². The molecule has 0 heterocycles. The Kier molecular flexibility index (Phi) is 5.60. The Morgan fingerprint density at radius 2 is 1.76 bits per heavy atom. The maximum Gasteiger partial charge on any atom is 0.323 e. The molecule has 6 nitrogen and oxygen atoms in total. The molecule has 0 saturated heterocycles. The fraction of sp³-hybridized carbons (Fsp3) is 0.400. The topological polar surface area (TPSA) is 95.5 Å². The lowest BCUT2D eigenvalue weighted by atomic mass is 9.99. The Morgan fingerprint density at radius 3 is 2.19 bits per heavy atom. The van der Waals surface area contributed by atoms with E-state index >= 15 is 0 Å². The lowest BCUT2D eigenvalue weighted by Gasteiger charge is -2.24. The summed E-state index contributed by atoms with van der Waals surface area (Å²) < 4.78 is 0. The van der Waals surface area contributed by atoms with Crippen LogP contribution in [0.15, 0.2) is 24.3 Å². The number of rotatable bonds is 7. The van der Waals surface area contributed by atoms with Crippen molar-refractivity contribution in [3.63, 3.8) is 0 Å². The number of aliphatic carboxylic acids is 1. The minimum Gasteiger partial charge on any atom is -0.480 e. The highest BCUT2D eigenvalue weighted by molar-refractivity contribution is 5.96. The van der Waals surface area contributed by atoms with Gasteiger partial charge in [-0.3, -0.25) is 19.7 Å². The molecule has 1 aromatic carbocycles. The average molecular weight is 292 g/mol. The van der Waals surface area contributed by atoms with Crippen LogP contribution in [0.5, 0.6) is 0 Å². The van der Waals surface area contributed by atoms with Crippen molar-refractivity contribution >= 4 is 23.3 Å². The van der Waals surface area contributed by atoms with Gasteiger partial charge >= 0.3 is 5.97 Å². The third-order valence-electron chi connectivity index (χ3n) is 3.39. The zero-order valence-corrected chi connectivity index (χ0v) is 12.4. The van der Waals surface area contributed by atoms with Gasteiger partial charge in [0.15, 0.2) is 5.78 Å². The monoisotopic (exact) mass is 292 g/mol. The summed E-state index contributed by atoms with van der Waals surface area (Å²) in [5.41, 5.74) is -0.00795. The van der Waals surface area contributed by atoms with Gasteiger partial charge in [-0.05, 0) is 44.5 Å². The molecular formula is C15H20N2O4.